The van der Waals surface area contributed by atoms with Crippen molar-refractivity contribution in [2.24, 2.45) is 0 Å². The number of hydrogen-bond acceptors (Lipinski definition) is 4. The Hall–Kier alpha value is -4.44. The van der Waals surface area contributed by atoms with Gasteiger partial charge >= 0.3 is 0 Å². The van der Waals surface area contributed by atoms with Gasteiger partial charge in [0.1, 0.15) is 0 Å². The van der Waals surface area contributed by atoms with E-state index in [1.807, 2.05) is 67.6 Å². The van der Waals surface area contributed by atoms with E-state index >= 15 is 0 Å². The molecule has 0 amide bonds. The van der Waals surface area contributed by atoms with Crippen LogP contribution in [-0.4, -0.2) is 15.0 Å². The summed E-state index contributed by atoms with van der Waals surface area (Å²) >= 11 is 0. The van der Waals surface area contributed by atoms with Gasteiger partial charge in [0.05, 0.1) is 5.58 Å². The molecule has 4 nitrogen and oxygen atoms in total. The van der Waals surface area contributed by atoms with E-state index in [1.165, 1.54) is 48.8 Å². The van der Waals surface area contributed by atoms with Crippen LogP contribution < -0.4 is 0 Å². The molecule has 1 aliphatic rings. The Morgan fingerprint density at radius 3 is 2.30 bits per heavy atom. The predicted molar refractivity (Wildman–Crippen MR) is 187 cm³/mol. The largest absolute Gasteiger partial charge is 0.486 e. The number of aryl methyl sites for hydroxylation is 2. The minimum absolute atomic E-state index is 0. The first-order chi connectivity index (χ1) is 22.6. The summed E-state index contributed by atoms with van der Waals surface area (Å²) in [6, 6.07) is 42.0. The molecule has 1 saturated carbocycles. The second-order valence-electron chi connectivity index (χ2n) is 12.2. The van der Waals surface area contributed by atoms with Crippen molar-refractivity contribution in [2.45, 2.75) is 58.3 Å². The van der Waals surface area contributed by atoms with Gasteiger partial charge in [-0.3, -0.25) is 0 Å². The van der Waals surface area contributed by atoms with Crippen molar-refractivity contribution >= 4 is 22.1 Å². The molecule has 0 bridgehead atoms. The van der Waals surface area contributed by atoms with E-state index in [-0.39, 0.29) is 20.1 Å². The molecule has 7 aromatic rings. The van der Waals surface area contributed by atoms with E-state index < -0.39 is 0 Å². The van der Waals surface area contributed by atoms with E-state index in [2.05, 4.69) is 71.5 Å². The van der Waals surface area contributed by atoms with Gasteiger partial charge in [0.15, 0.2) is 0 Å². The third-order valence-electron chi connectivity index (χ3n) is 8.82. The Labute approximate surface area is 290 Å². The van der Waals surface area contributed by atoms with Crippen LogP contribution in [0.3, 0.4) is 0 Å². The number of fused-ring (bicyclic) bond motifs is 3. The zero-order chi connectivity index (χ0) is 31.3. The molecule has 47 heavy (non-hydrogen) atoms. The summed E-state index contributed by atoms with van der Waals surface area (Å²) < 4.78 is 6.21. The van der Waals surface area contributed by atoms with Crippen molar-refractivity contribution in [1.29, 1.82) is 0 Å². The zero-order valence-electron chi connectivity index (χ0n) is 26.8. The Kier molecular flexibility index (Phi) is 10.4. The fourth-order valence-corrected chi connectivity index (χ4v) is 6.53. The molecule has 3 aromatic carbocycles. The normalized spacial score (nSPS) is 13.1. The molecule has 0 atom stereocenters. The molecule has 1 aliphatic carbocycles. The molecule has 1 radical (unpaired) electrons. The molecule has 1 fully saturated rings. The summed E-state index contributed by atoms with van der Waals surface area (Å²) in [7, 11) is 0. The number of pyridine rings is 3. The van der Waals surface area contributed by atoms with Crippen LogP contribution in [0.1, 0.15) is 66.1 Å². The molecule has 8 rings (SSSR count). The van der Waals surface area contributed by atoms with Crippen molar-refractivity contribution in [2.75, 3.05) is 0 Å². The molecule has 237 valence electrons. The summed E-state index contributed by atoms with van der Waals surface area (Å²) in [5, 5.41) is 2.08. The zero-order valence-corrected chi connectivity index (χ0v) is 29.2. The fraction of sp³-hybridized carbons (Fsp3) is 0.214. The Morgan fingerprint density at radius 1 is 0.702 bits per heavy atom. The van der Waals surface area contributed by atoms with Crippen LogP contribution in [0, 0.1) is 26.0 Å². The van der Waals surface area contributed by atoms with Crippen LogP contribution in [-0.2, 0) is 26.5 Å². The number of benzene rings is 3. The first-order valence-electron chi connectivity index (χ1n) is 16.3. The van der Waals surface area contributed by atoms with Crippen molar-refractivity contribution in [1.82, 2.24) is 15.0 Å². The van der Waals surface area contributed by atoms with E-state index in [0.717, 1.165) is 62.6 Å². The van der Waals surface area contributed by atoms with Gasteiger partial charge in [0.2, 0.25) is 5.71 Å². The van der Waals surface area contributed by atoms with Crippen LogP contribution in [0.15, 0.2) is 114 Å². The van der Waals surface area contributed by atoms with Gasteiger partial charge in [-0.2, -0.15) is 0 Å². The van der Waals surface area contributed by atoms with Crippen molar-refractivity contribution in [3.8, 4) is 22.5 Å². The molecular formula is C42H37IrN3O-2. The van der Waals surface area contributed by atoms with Gasteiger partial charge in [-0.25, -0.2) is 4.98 Å². The molecule has 0 unspecified atom stereocenters. The van der Waals surface area contributed by atoms with Crippen LogP contribution >= 0.6 is 0 Å². The number of furan rings is 1. The minimum Gasteiger partial charge on any atom is -0.486 e. The topological polar surface area (TPSA) is 51.8 Å². The third kappa shape index (κ3) is 7.59. The van der Waals surface area contributed by atoms with Crippen LogP contribution in [0.4, 0.5) is 0 Å². The average molecular weight is 792 g/mol. The second kappa shape index (κ2) is 15.0. The predicted octanol–water partition coefficient (Wildman–Crippen LogP) is 10.6. The standard InChI is InChI=1S/C31H29N2O.C11H8N.Ir/c1-20-11-16-27-26-9-6-10-28(30(26)34-31(27)33-20)29-19-23(17-21(2)32-29)18-22-12-14-25(15-13-22)24-7-4-3-5-8-24;1-2-6-10(7-3-1)11-8-4-5-9-12-11;/h6,9,11-17,19,24H,3-5,7-8,18H2,1-2H3;1-6,8-9H;/q2*-1;. The number of rotatable bonds is 5. The van der Waals surface area contributed by atoms with Gasteiger partial charge < -0.3 is 14.4 Å². The summed E-state index contributed by atoms with van der Waals surface area (Å²) in [4.78, 5) is 13.6. The second-order valence-corrected chi connectivity index (χ2v) is 12.2. The van der Waals surface area contributed by atoms with Crippen LogP contribution in [0.25, 0.3) is 44.6 Å². The first kappa shape index (κ1) is 32.5. The Morgan fingerprint density at radius 2 is 1.53 bits per heavy atom. The molecule has 4 heterocycles. The van der Waals surface area contributed by atoms with E-state index in [0.29, 0.717) is 5.71 Å². The molecule has 0 spiro atoms. The number of nitrogens with zero attached hydrogens (tertiary/aromatic N) is 3. The van der Waals surface area contributed by atoms with Crippen LogP contribution in [0.5, 0.6) is 0 Å². The number of aromatic nitrogens is 3. The van der Waals surface area contributed by atoms with Crippen LogP contribution in [0.2, 0.25) is 0 Å². The van der Waals surface area contributed by atoms with Gasteiger partial charge in [-0.05, 0) is 91.4 Å². The quantitative estimate of drug-likeness (QED) is 0.163. The smallest absolute Gasteiger partial charge is 0.216 e. The number of hydrogen-bond donors (Lipinski definition) is 0. The molecule has 0 N–H and O–H groups in total. The minimum atomic E-state index is 0. The van der Waals surface area contributed by atoms with Gasteiger partial charge in [-0.15, -0.1) is 54.1 Å². The maximum atomic E-state index is 6.21. The summed E-state index contributed by atoms with van der Waals surface area (Å²) in [6.45, 7) is 4.04. The molecule has 0 saturated heterocycles. The molecule has 0 aliphatic heterocycles. The van der Waals surface area contributed by atoms with Crippen molar-refractivity contribution in [3.05, 3.63) is 150 Å². The van der Waals surface area contributed by atoms with Gasteiger partial charge in [0, 0.05) is 43.1 Å². The van der Waals surface area contributed by atoms with E-state index in [9.17, 15) is 0 Å². The van der Waals surface area contributed by atoms with E-state index in [1.54, 1.807) is 6.20 Å². The van der Waals surface area contributed by atoms with Gasteiger partial charge in [0.25, 0.3) is 0 Å². The average Bonchev–Trinajstić information content (AvgIpc) is 3.47. The van der Waals surface area contributed by atoms with Crippen molar-refractivity contribution in [3.63, 3.8) is 0 Å². The van der Waals surface area contributed by atoms with E-state index in [4.69, 9.17) is 9.40 Å². The SMILES string of the molecule is Cc1cc(Cc2ccc(C3CCCCC3)cc2)cc(-c2[c-]ccc3c2oc2nc(C)ccc23)n1.[Ir].[c-]1ccccc1-c1ccccn1. The summed E-state index contributed by atoms with van der Waals surface area (Å²) in [5.41, 5.74) is 11.3. The maximum Gasteiger partial charge on any atom is 0.216 e. The summed E-state index contributed by atoms with van der Waals surface area (Å²) in [6.07, 6.45) is 9.49. The Bertz CT molecular complexity index is 2030. The molecular weight excluding hydrogens is 755 g/mol. The Balaban J connectivity index is 0.000000250. The molecule has 5 heteroatoms. The summed E-state index contributed by atoms with van der Waals surface area (Å²) in [5.74, 6) is 0.746. The monoisotopic (exact) mass is 792 g/mol. The third-order valence-corrected chi connectivity index (χ3v) is 8.82. The molecule has 4 aromatic heterocycles. The van der Waals surface area contributed by atoms with Gasteiger partial charge in [-0.1, -0.05) is 72.7 Å². The van der Waals surface area contributed by atoms with Crippen molar-refractivity contribution < 1.29 is 24.5 Å². The first-order valence-corrected chi connectivity index (χ1v) is 16.3. The fourth-order valence-electron chi connectivity index (χ4n) is 6.53. The maximum absolute atomic E-state index is 6.21.